The number of benzene rings is 1. The molecule has 2 rings (SSSR count). The maximum absolute atomic E-state index is 12.3. The number of rotatable bonds is 3. The second kappa shape index (κ2) is 5.44. The smallest absolute Gasteiger partial charge is 0.207 e. The van der Waals surface area contributed by atoms with Crippen LogP contribution in [0.3, 0.4) is 0 Å². The molecule has 0 saturated carbocycles. The number of hydrogen-bond donors (Lipinski definition) is 1. The van der Waals surface area contributed by atoms with Crippen molar-refractivity contribution < 1.29 is 8.42 Å². The van der Waals surface area contributed by atoms with Gasteiger partial charge in [0.2, 0.25) is 10.0 Å². The van der Waals surface area contributed by atoms with E-state index in [1.165, 1.54) is 6.07 Å². The Hall–Kier alpha value is -0.550. The van der Waals surface area contributed by atoms with Crippen LogP contribution < -0.4 is 4.72 Å². The van der Waals surface area contributed by atoms with Crippen molar-refractivity contribution in [3.63, 3.8) is 0 Å². The lowest BCUT2D eigenvalue weighted by Gasteiger charge is -2.21. The van der Waals surface area contributed by atoms with Gasteiger partial charge in [-0.25, -0.2) is 8.42 Å². The number of nitriles is 1. The zero-order valence-corrected chi connectivity index (χ0v) is 13.5. The lowest BCUT2D eigenvalue weighted by molar-refractivity contribution is 0.515. The predicted octanol–water partition coefficient (Wildman–Crippen LogP) is 2.44. The summed E-state index contributed by atoms with van der Waals surface area (Å²) in [4.78, 5) is 0.194. The summed E-state index contributed by atoms with van der Waals surface area (Å²) in [6, 6.07) is 6.94. The van der Waals surface area contributed by atoms with E-state index in [1.807, 2.05) is 6.92 Å². The monoisotopic (exact) mass is 360 g/mol. The van der Waals surface area contributed by atoms with Crippen LogP contribution in [0.5, 0.6) is 0 Å². The standard InChI is InChI=1S/C12H13BrN2O2S2/c1-9-6-10(2-3-11(9)13)19(16,17)15-12(7-14)4-5-18-8-12/h2-3,6,15H,4-5,8H2,1H3. The Kier molecular flexibility index (Phi) is 4.26. The fourth-order valence-corrected chi connectivity index (χ4v) is 4.89. The lowest BCUT2D eigenvalue weighted by atomic mass is 10.0. The first-order valence-electron chi connectivity index (χ1n) is 5.68. The summed E-state index contributed by atoms with van der Waals surface area (Å²) < 4.78 is 28.1. The second-order valence-electron chi connectivity index (χ2n) is 4.51. The minimum absolute atomic E-state index is 0.194. The van der Waals surface area contributed by atoms with E-state index in [-0.39, 0.29) is 4.90 Å². The van der Waals surface area contributed by atoms with Gasteiger partial charge < -0.3 is 0 Å². The van der Waals surface area contributed by atoms with E-state index in [4.69, 9.17) is 0 Å². The van der Waals surface area contributed by atoms with Gasteiger partial charge in [-0.3, -0.25) is 0 Å². The first-order valence-corrected chi connectivity index (χ1v) is 9.11. The number of sulfonamides is 1. The lowest BCUT2D eigenvalue weighted by Crippen LogP contribution is -2.47. The van der Waals surface area contributed by atoms with Crippen molar-refractivity contribution in [3.05, 3.63) is 28.2 Å². The van der Waals surface area contributed by atoms with Crippen molar-refractivity contribution in [3.8, 4) is 6.07 Å². The summed E-state index contributed by atoms with van der Waals surface area (Å²) in [7, 11) is -3.66. The zero-order chi connectivity index (χ0) is 14.1. The normalized spacial score (nSPS) is 23.2. The number of halogens is 1. The van der Waals surface area contributed by atoms with E-state index < -0.39 is 15.6 Å². The molecule has 1 atom stereocenters. The van der Waals surface area contributed by atoms with Crippen molar-refractivity contribution in [2.45, 2.75) is 23.8 Å². The van der Waals surface area contributed by atoms with Crippen LogP contribution in [0.1, 0.15) is 12.0 Å². The highest BCUT2D eigenvalue weighted by Crippen LogP contribution is 2.29. The first kappa shape index (κ1) is 14.9. The number of thioether (sulfide) groups is 1. The van der Waals surface area contributed by atoms with Gasteiger partial charge in [0.25, 0.3) is 0 Å². The molecule has 1 aliphatic heterocycles. The van der Waals surface area contributed by atoms with Gasteiger partial charge in [0, 0.05) is 10.2 Å². The zero-order valence-electron chi connectivity index (χ0n) is 10.3. The van der Waals surface area contributed by atoms with Gasteiger partial charge in [-0.15, -0.1) is 0 Å². The van der Waals surface area contributed by atoms with Crippen molar-refractivity contribution in [1.29, 1.82) is 5.26 Å². The second-order valence-corrected chi connectivity index (χ2v) is 8.15. The Bertz CT molecular complexity index is 632. The molecule has 0 spiro atoms. The van der Waals surface area contributed by atoms with E-state index in [0.29, 0.717) is 12.2 Å². The Morgan fingerprint density at radius 3 is 2.79 bits per heavy atom. The van der Waals surface area contributed by atoms with Crippen LogP contribution in [0, 0.1) is 18.3 Å². The topological polar surface area (TPSA) is 70.0 Å². The van der Waals surface area contributed by atoms with E-state index >= 15 is 0 Å². The summed E-state index contributed by atoms with van der Waals surface area (Å²) in [5.41, 5.74) is -0.125. The fraction of sp³-hybridized carbons (Fsp3) is 0.417. The summed E-state index contributed by atoms with van der Waals surface area (Å²) >= 11 is 4.93. The fourth-order valence-electron chi connectivity index (χ4n) is 1.86. The van der Waals surface area contributed by atoms with Gasteiger partial charge in [0.05, 0.1) is 11.0 Å². The molecule has 7 heteroatoms. The van der Waals surface area contributed by atoms with Crippen LogP contribution in [0.25, 0.3) is 0 Å². The third kappa shape index (κ3) is 3.14. The van der Waals surface area contributed by atoms with Crippen molar-refractivity contribution in [1.82, 2.24) is 4.72 Å². The molecule has 1 unspecified atom stereocenters. The number of aryl methyl sites for hydroxylation is 1. The van der Waals surface area contributed by atoms with Crippen molar-refractivity contribution in [2.24, 2.45) is 0 Å². The van der Waals surface area contributed by atoms with Crippen LogP contribution in [0.15, 0.2) is 27.6 Å². The van der Waals surface area contributed by atoms with Crippen LogP contribution in [-0.2, 0) is 10.0 Å². The molecule has 1 aliphatic rings. The van der Waals surface area contributed by atoms with Gasteiger partial charge in [-0.1, -0.05) is 15.9 Å². The molecule has 0 aromatic heterocycles. The average Bonchev–Trinajstić information content (AvgIpc) is 2.81. The third-order valence-electron chi connectivity index (χ3n) is 3.01. The molecule has 0 amide bonds. The summed E-state index contributed by atoms with van der Waals surface area (Å²) in [5.74, 6) is 1.30. The molecule has 1 N–H and O–H groups in total. The molecular weight excluding hydrogens is 348 g/mol. The molecule has 0 radical (unpaired) electrons. The minimum atomic E-state index is -3.66. The predicted molar refractivity (Wildman–Crippen MR) is 79.5 cm³/mol. The van der Waals surface area contributed by atoms with Gasteiger partial charge in [0.15, 0.2) is 0 Å². The van der Waals surface area contributed by atoms with Crippen LogP contribution in [0.4, 0.5) is 0 Å². The van der Waals surface area contributed by atoms with E-state index in [0.717, 1.165) is 15.8 Å². The molecule has 1 heterocycles. The molecule has 102 valence electrons. The molecule has 1 saturated heterocycles. The molecular formula is C12H13BrN2O2S2. The Morgan fingerprint density at radius 2 is 2.26 bits per heavy atom. The number of nitrogens with one attached hydrogen (secondary N) is 1. The molecule has 0 aliphatic carbocycles. The third-order valence-corrected chi connectivity index (χ3v) is 6.62. The quantitative estimate of drug-likeness (QED) is 0.898. The molecule has 1 fully saturated rings. The van der Waals surface area contributed by atoms with Crippen molar-refractivity contribution in [2.75, 3.05) is 11.5 Å². The first-order chi connectivity index (χ1) is 8.88. The highest BCUT2D eigenvalue weighted by atomic mass is 79.9. The minimum Gasteiger partial charge on any atom is -0.207 e. The molecule has 4 nitrogen and oxygen atoms in total. The van der Waals surface area contributed by atoms with Gasteiger partial charge in [-0.05, 0) is 42.9 Å². The van der Waals surface area contributed by atoms with Crippen LogP contribution >= 0.6 is 27.7 Å². The maximum Gasteiger partial charge on any atom is 0.241 e. The highest BCUT2D eigenvalue weighted by Gasteiger charge is 2.38. The molecule has 19 heavy (non-hydrogen) atoms. The van der Waals surface area contributed by atoms with E-state index in [9.17, 15) is 13.7 Å². The molecule has 1 aromatic rings. The Morgan fingerprint density at radius 1 is 1.53 bits per heavy atom. The maximum atomic E-state index is 12.3. The van der Waals surface area contributed by atoms with Gasteiger partial charge >= 0.3 is 0 Å². The van der Waals surface area contributed by atoms with Crippen molar-refractivity contribution >= 4 is 37.7 Å². The summed E-state index contributed by atoms with van der Waals surface area (Å²) in [5, 5.41) is 9.23. The van der Waals surface area contributed by atoms with Gasteiger partial charge in [0.1, 0.15) is 5.54 Å². The van der Waals surface area contributed by atoms with Gasteiger partial charge in [-0.2, -0.15) is 21.7 Å². The Labute approximate surface area is 125 Å². The van der Waals surface area contributed by atoms with Crippen LogP contribution in [-0.4, -0.2) is 25.5 Å². The number of nitrogens with zero attached hydrogens (tertiary/aromatic N) is 1. The molecule has 1 aromatic carbocycles. The summed E-state index contributed by atoms with van der Waals surface area (Å²) in [6.45, 7) is 1.83. The SMILES string of the molecule is Cc1cc(S(=O)(=O)NC2(C#N)CCSC2)ccc1Br. The summed E-state index contributed by atoms with van der Waals surface area (Å²) in [6.07, 6.45) is 0.545. The average molecular weight is 361 g/mol. The molecule has 0 bridgehead atoms. The van der Waals surface area contributed by atoms with E-state index in [1.54, 1.807) is 23.9 Å². The largest absolute Gasteiger partial charge is 0.241 e. The van der Waals surface area contributed by atoms with E-state index in [2.05, 4.69) is 26.7 Å². The van der Waals surface area contributed by atoms with Crippen LogP contribution in [0.2, 0.25) is 0 Å². The Balaban J connectivity index is 2.32. The number of hydrogen-bond acceptors (Lipinski definition) is 4. The highest BCUT2D eigenvalue weighted by molar-refractivity contribution is 9.10.